The van der Waals surface area contributed by atoms with Gasteiger partial charge in [0.2, 0.25) is 0 Å². The molecule has 0 N–H and O–H groups in total. The highest BCUT2D eigenvalue weighted by atomic mass is 79.9. The lowest BCUT2D eigenvalue weighted by Crippen LogP contribution is -2.39. The number of carbonyl (C=O) groups excluding carboxylic acids is 1. The van der Waals surface area contributed by atoms with Crippen molar-refractivity contribution in [2.24, 2.45) is 0 Å². The van der Waals surface area contributed by atoms with Crippen molar-refractivity contribution in [2.75, 3.05) is 7.11 Å². The molecule has 1 aromatic carbocycles. The Labute approximate surface area is 123 Å². The molecular weight excluding hydrogens is 306 g/mol. The largest absolute Gasteiger partial charge is 0.496 e. The van der Waals surface area contributed by atoms with Crippen LogP contribution < -0.4 is 4.74 Å². The molecule has 2 unspecified atom stereocenters. The van der Waals surface area contributed by atoms with Crippen LogP contribution in [-0.2, 0) is 0 Å². The van der Waals surface area contributed by atoms with Gasteiger partial charge in [-0.1, -0.05) is 6.92 Å². The summed E-state index contributed by atoms with van der Waals surface area (Å²) in [6.07, 6.45) is 3.23. The lowest BCUT2D eigenvalue weighted by molar-refractivity contribution is 0.0676. The van der Waals surface area contributed by atoms with Crippen molar-refractivity contribution < 1.29 is 9.53 Å². The molecule has 2 rings (SSSR count). The van der Waals surface area contributed by atoms with E-state index in [9.17, 15) is 4.79 Å². The van der Waals surface area contributed by atoms with Gasteiger partial charge in [-0.05, 0) is 60.3 Å². The van der Waals surface area contributed by atoms with Gasteiger partial charge in [0.05, 0.1) is 11.6 Å². The number of hydrogen-bond donors (Lipinski definition) is 0. The van der Waals surface area contributed by atoms with Crippen LogP contribution >= 0.6 is 15.9 Å². The third-order valence-electron chi connectivity index (χ3n) is 3.89. The second-order valence-electron chi connectivity index (χ2n) is 5.05. The highest BCUT2D eigenvalue weighted by Gasteiger charge is 2.33. The van der Waals surface area contributed by atoms with Gasteiger partial charge < -0.3 is 9.64 Å². The average Bonchev–Trinajstić information content (AvgIpc) is 2.78. The highest BCUT2D eigenvalue weighted by Crippen LogP contribution is 2.30. The van der Waals surface area contributed by atoms with Crippen LogP contribution in [0, 0.1) is 0 Å². The zero-order valence-corrected chi connectivity index (χ0v) is 13.2. The number of rotatable bonds is 3. The molecule has 1 aliphatic rings. The summed E-state index contributed by atoms with van der Waals surface area (Å²) in [6.45, 7) is 4.28. The predicted molar refractivity (Wildman–Crippen MR) is 79.6 cm³/mol. The van der Waals surface area contributed by atoms with Crippen molar-refractivity contribution in [1.82, 2.24) is 4.90 Å². The number of halogens is 1. The molecule has 0 bridgehead atoms. The maximum absolute atomic E-state index is 12.6. The summed E-state index contributed by atoms with van der Waals surface area (Å²) < 4.78 is 6.02. The zero-order chi connectivity index (χ0) is 14.0. The summed E-state index contributed by atoms with van der Waals surface area (Å²) >= 11 is 3.44. The van der Waals surface area contributed by atoms with Gasteiger partial charge in [-0.2, -0.15) is 0 Å². The summed E-state index contributed by atoms with van der Waals surface area (Å²) in [5.74, 6) is 0.873. The van der Waals surface area contributed by atoms with Gasteiger partial charge in [0, 0.05) is 17.6 Å². The second kappa shape index (κ2) is 5.95. The van der Waals surface area contributed by atoms with Crippen LogP contribution in [0.15, 0.2) is 22.7 Å². The Morgan fingerprint density at radius 1 is 1.47 bits per heavy atom. The van der Waals surface area contributed by atoms with Gasteiger partial charge in [-0.3, -0.25) is 4.79 Å². The molecule has 19 heavy (non-hydrogen) atoms. The molecule has 3 nitrogen and oxygen atoms in total. The number of hydrogen-bond acceptors (Lipinski definition) is 2. The van der Waals surface area contributed by atoms with E-state index in [1.807, 2.05) is 23.1 Å². The first-order valence-electron chi connectivity index (χ1n) is 6.74. The minimum absolute atomic E-state index is 0.125. The van der Waals surface area contributed by atoms with E-state index in [1.165, 1.54) is 0 Å². The fourth-order valence-electron chi connectivity index (χ4n) is 2.79. The van der Waals surface area contributed by atoms with Gasteiger partial charge in [0.25, 0.3) is 5.91 Å². The molecule has 1 aromatic rings. The molecular formula is C15H20BrNO2. The maximum Gasteiger partial charge on any atom is 0.254 e. The summed E-state index contributed by atoms with van der Waals surface area (Å²) in [4.78, 5) is 14.7. The van der Waals surface area contributed by atoms with Crippen molar-refractivity contribution in [2.45, 2.75) is 45.2 Å². The topological polar surface area (TPSA) is 29.5 Å². The van der Waals surface area contributed by atoms with Gasteiger partial charge >= 0.3 is 0 Å². The molecule has 2 atom stereocenters. The first kappa shape index (κ1) is 14.4. The minimum Gasteiger partial charge on any atom is -0.496 e. The molecule has 1 aliphatic heterocycles. The van der Waals surface area contributed by atoms with Gasteiger partial charge in [-0.15, -0.1) is 0 Å². The molecule has 1 amide bonds. The normalized spacial score (nSPS) is 22.6. The average molecular weight is 326 g/mol. The molecule has 1 fully saturated rings. The fourth-order valence-corrected chi connectivity index (χ4v) is 3.33. The van der Waals surface area contributed by atoms with E-state index < -0.39 is 0 Å². The summed E-state index contributed by atoms with van der Waals surface area (Å²) in [6, 6.07) is 6.23. The summed E-state index contributed by atoms with van der Waals surface area (Å²) in [5, 5.41) is 0. The molecule has 0 spiro atoms. The number of methoxy groups -OCH3 is 1. The van der Waals surface area contributed by atoms with E-state index in [2.05, 4.69) is 29.8 Å². The van der Waals surface area contributed by atoms with Gasteiger partial charge in [0.15, 0.2) is 0 Å². The monoisotopic (exact) mass is 325 g/mol. The Morgan fingerprint density at radius 2 is 2.21 bits per heavy atom. The maximum atomic E-state index is 12.6. The molecule has 1 saturated heterocycles. The van der Waals surface area contributed by atoms with Crippen LogP contribution in [-0.4, -0.2) is 30.0 Å². The molecule has 0 radical (unpaired) electrons. The van der Waals surface area contributed by atoms with E-state index in [-0.39, 0.29) is 5.91 Å². The van der Waals surface area contributed by atoms with E-state index in [1.54, 1.807) is 7.11 Å². The van der Waals surface area contributed by atoms with Gasteiger partial charge in [0.1, 0.15) is 5.75 Å². The number of benzene rings is 1. The lowest BCUT2D eigenvalue weighted by atomic mass is 10.1. The number of nitrogens with zero attached hydrogens (tertiary/aromatic N) is 1. The van der Waals surface area contributed by atoms with Crippen LogP contribution in [0.5, 0.6) is 5.75 Å². The molecule has 0 aliphatic carbocycles. The standard InChI is InChI=1S/C15H20BrNO2/c1-4-12-7-5-10(2)17(12)15(18)11-6-8-14(19-3)13(16)9-11/h6,8-10,12H,4-5,7H2,1-3H3. The molecule has 104 valence electrons. The molecule has 4 heteroatoms. The third kappa shape index (κ3) is 2.78. The quantitative estimate of drug-likeness (QED) is 0.844. The Bertz CT molecular complexity index is 475. The molecule has 0 saturated carbocycles. The first-order chi connectivity index (χ1) is 9.08. The molecule has 1 heterocycles. The van der Waals surface area contributed by atoms with Crippen LogP contribution in [0.2, 0.25) is 0 Å². The Morgan fingerprint density at radius 3 is 2.79 bits per heavy atom. The zero-order valence-electron chi connectivity index (χ0n) is 11.6. The Hall–Kier alpha value is -1.03. The summed E-state index contributed by atoms with van der Waals surface area (Å²) in [7, 11) is 1.62. The Kier molecular flexibility index (Phi) is 4.50. The van der Waals surface area contributed by atoms with E-state index in [0.29, 0.717) is 12.1 Å². The van der Waals surface area contributed by atoms with Crippen molar-refractivity contribution in [3.8, 4) is 5.75 Å². The van der Waals surface area contributed by atoms with E-state index in [0.717, 1.165) is 35.0 Å². The SMILES string of the molecule is CCC1CCC(C)N1C(=O)c1ccc(OC)c(Br)c1. The number of ether oxygens (including phenoxy) is 1. The number of carbonyl (C=O) groups is 1. The molecule has 0 aromatic heterocycles. The highest BCUT2D eigenvalue weighted by molar-refractivity contribution is 9.10. The van der Waals surface area contributed by atoms with Crippen molar-refractivity contribution in [1.29, 1.82) is 0 Å². The second-order valence-corrected chi connectivity index (χ2v) is 5.90. The minimum atomic E-state index is 0.125. The fraction of sp³-hybridized carbons (Fsp3) is 0.533. The first-order valence-corrected chi connectivity index (χ1v) is 7.54. The van der Waals surface area contributed by atoms with Crippen molar-refractivity contribution >= 4 is 21.8 Å². The number of likely N-dealkylation sites (tertiary alicyclic amines) is 1. The third-order valence-corrected chi connectivity index (χ3v) is 4.51. The van der Waals surface area contributed by atoms with Crippen LogP contribution in [0.25, 0.3) is 0 Å². The lowest BCUT2D eigenvalue weighted by Gasteiger charge is -2.28. The smallest absolute Gasteiger partial charge is 0.254 e. The van der Waals surface area contributed by atoms with Crippen LogP contribution in [0.4, 0.5) is 0 Å². The van der Waals surface area contributed by atoms with Crippen LogP contribution in [0.1, 0.15) is 43.5 Å². The van der Waals surface area contributed by atoms with E-state index in [4.69, 9.17) is 4.74 Å². The van der Waals surface area contributed by atoms with Crippen LogP contribution in [0.3, 0.4) is 0 Å². The van der Waals surface area contributed by atoms with Gasteiger partial charge in [-0.25, -0.2) is 0 Å². The predicted octanol–water partition coefficient (Wildman–Crippen LogP) is 3.86. The summed E-state index contributed by atoms with van der Waals surface area (Å²) in [5.41, 5.74) is 0.722. The van der Waals surface area contributed by atoms with Crippen molar-refractivity contribution in [3.63, 3.8) is 0 Å². The number of amides is 1. The van der Waals surface area contributed by atoms with E-state index >= 15 is 0 Å². The van der Waals surface area contributed by atoms with Crippen molar-refractivity contribution in [3.05, 3.63) is 28.2 Å². The Balaban J connectivity index is 2.26.